The summed E-state index contributed by atoms with van der Waals surface area (Å²) in [4.78, 5) is 22.1. The number of hydrogen-bond donors (Lipinski definition) is 1. The molecule has 0 spiro atoms. The van der Waals surface area contributed by atoms with Crippen molar-refractivity contribution in [1.82, 2.24) is 9.97 Å². The molecular weight excluding hydrogens is 260 g/mol. The van der Waals surface area contributed by atoms with Gasteiger partial charge in [0.05, 0.1) is 11.6 Å². The van der Waals surface area contributed by atoms with E-state index in [-0.39, 0.29) is 0 Å². The molecule has 2 aromatic heterocycles. The highest BCUT2D eigenvalue weighted by Gasteiger charge is 2.26. The zero-order chi connectivity index (χ0) is 14.2. The number of carbonyl (C=O) groups is 1. The van der Waals surface area contributed by atoms with Gasteiger partial charge < -0.3 is 5.11 Å². The van der Waals surface area contributed by atoms with Crippen LogP contribution in [0, 0.1) is 19.8 Å². The summed E-state index contributed by atoms with van der Waals surface area (Å²) in [5.74, 6) is -1.05. The van der Waals surface area contributed by atoms with E-state index in [0.29, 0.717) is 18.0 Å². The van der Waals surface area contributed by atoms with E-state index < -0.39 is 11.9 Å². The number of aryl methyl sites for hydroxylation is 2. The first kappa shape index (κ1) is 13.9. The monoisotopic (exact) mass is 278 g/mol. The second-order valence-corrected chi connectivity index (χ2v) is 6.45. The highest BCUT2D eigenvalue weighted by Crippen LogP contribution is 2.35. The van der Waals surface area contributed by atoms with E-state index in [1.807, 2.05) is 27.7 Å². The summed E-state index contributed by atoms with van der Waals surface area (Å²) in [6, 6.07) is 0. The number of aromatic nitrogens is 2. The SMILES string of the molecule is Cc1sc2ncnc(C(CC(C)C)C(=O)O)c2c1C. The fourth-order valence-electron chi connectivity index (χ4n) is 2.27. The van der Waals surface area contributed by atoms with E-state index in [1.165, 1.54) is 11.2 Å². The molecule has 0 aliphatic carbocycles. The molecule has 0 radical (unpaired) electrons. The summed E-state index contributed by atoms with van der Waals surface area (Å²) >= 11 is 1.60. The van der Waals surface area contributed by atoms with Crippen molar-refractivity contribution in [1.29, 1.82) is 0 Å². The highest BCUT2D eigenvalue weighted by molar-refractivity contribution is 7.18. The zero-order valence-corrected chi connectivity index (χ0v) is 12.4. The zero-order valence-electron chi connectivity index (χ0n) is 11.6. The minimum Gasteiger partial charge on any atom is -0.481 e. The van der Waals surface area contributed by atoms with E-state index in [4.69, 9.17) is 0 Å². The number of fused-ring (bicyclic) bond motifs is 1. The van der Waals surface area contributed by atoms with Crippen LogP contribution in [0.25, 0.3) is 10.2 Å². The van der Waals surface area contributed by atoms with Crippen LogP contribution in [0.15, 0.2) is 6.33 Å². The first-order valence-electron chi connectivity index (χ1n) is 6.35. The molecule has 1 atom stereocenters. The molecule has 1 N–H and O–H groups in total. The van der Waals surface area contributed by atoms with Gasteiger partial charge in [-0.2, -0.15) is 0 Å². The third kappa shape index (κ3) is 2.61. The molecule has 2 aromatic rings. The Morgan fingerprint density at radius 1 is 1.37 bits per heavy atom. The maximum Gasteiger partial charge on any atom is 0.312 e. The summed E-state index contributed by atoms with van der Waals surface area (Å²) in [7, 11) is 0. The van der Waals surface area contributed by atoms with Crippen molar-refractivity contribution in [2.24, 2.45) is 5.92 Å². The molecule has 0 aliphatic rings. The van der Waals surface area contributed by atoms with Gasteiger partial charge in [0.1, 0.15) is 11.2 Å². The van der Waals surface area contributed by atoms with Crippen molar-refractivity contribution in [2.75, 3.05) is 0 Å². The Hall–Kier alpha value is -1.49. The molecule has 0 fully saturated rings. The summed E-state index contributed by atoms with van der Waals surface area (Å²) in [6.45, 7) is 8.10. The molecule has 2 rings (SSSR count). The molecule has 0 amide bonds. The molecule has 0 bridgehead atoms. The van der Waals surface area contributed by atoms with Crippen LogP contribution in [0.4, 0.5) is 0 Å². The number of thiophene rings is 1. The Balaban J connectivity index is 2.62. The van der Waals surface area contributed by atoms with E-state index >= 15 is 0 Å². The largest absolute Gasteiger partial charge is 0.481 e. The van der Waals surface area contributed by atoms with Crippen LogP contribution in [0.1, 0.15) is 42.3 Å². The highest BCUT2D eigenvalue weighted by atomic mass is 32.1. The number of carboxylic acid groups (broad SMARTS) is 1. The second-order valence-electron chi connectivity index (χ2n) is 5.24. The molecule has 5 heteroatoms. The van der Waals surface area contributed by atoms with Gasteiger partial charge in [0.2, 0.25) is 0 Å². The fourth-order valence-corrected chi connectivity index (χ4v) is 3.28. The third-order valence-corrected chi connectivity index (χ3v) is 4.45. The maximum absolute atomic E-state index is 11.5. The van der Waals surface area contributed by atoms with Crippen LogP contribution in [0.3, 0.4) is 0 Å². The minimum atomic E-state index is -0.808. The number of nitrogens with zero attached hydrogens (tertiary/aromatic N) is 2. The fraction of sp³-hybridized carbons (Fsp3) is 0.500. The van der Waals surface area contributed by atoms with Gasteiger partial charge in [-0.3, -0.25) is 4.79 Å². The smallest absolute Gasteiger partial charge is 0.312 e. The van der Waals surface area contributed by atoms with Crippen LogP contribution in [0.5, 0.6) is 0 Å². The van der Waals surface area contributed by atoms with Gasteiger partial charge >= 0.3 is 5.97 Å². The summed E-state index contributed by atoms with van der Waals surface area (Å²) in [6.07, 6.45) is 2.07. The molecule has 4 nitrogen and oxygen atoms in total. The topological polar surface area (TPSA) is 63.1 Å². The lowest BCUT2D eigenvalue weighted by Gasteiger charge is -2.15. The van der Waals surface area contributed by atoms with Crippen molar-refractivity contribution in [3.63, 3.8) is 0 Å². The molecule has 1 unspecified atom stereocenters. The number of carboxylic acids is 1. The summed E-state index contributed by atoms with van der Waals surface area (Å²) < 4.78 is 0. The van der Waals surface area contributed by atoms with Crippen molar-refractivity contribution in [2.45, 2.75) is 40.0 Å². The van der Waals surface area contributed by atoms with E-state index in [1.54, 1.807) is 11.3 Å². The number of hydrogen-bond acceptors (Lipinski definition) is 4. The molecule has 0 aromatic carbocycles. The summed E-state index contributed by atoms with van der Waals surface area (Å²) in [5.41, 5.74) is 1.76. The lowest BCUT2D eigenvalue weighted by atomic mass is 9.92. The van der Waals surface area contributed by atoms with Crippen molar-refractivity contribution in [3.05, 3.63) is 22.5 Å². The van der Waals surface area contributed by atoms with Gasteiger partial charge in [-0.25, -0.2) is 9.97 Å². The van der Waals surface area contributed by atoms with Crippen LogP contribution in [-0.2, 0) is 4.79 Å². The van der Waals surface area contributed by atoms with Gasteiger partial charge in [-0.15, -0.1) is 11.3 Å². The van der Waals surface area contributed by atoms with Crippen LogP contribution in [-0.4, -0.2) is 21.0 Å². The quantitative estimate of drug-likeness (QED) is 0.929. The predicted molar refractivity (Wildman–Crippen MR) is 76.7 cm³/mol. The second kappa shape index (κ2) is 5.25. The number of rotatable bonds is 4. The third-order valence-electron chi connectivity index (χ3n) is 3.33. The van der Waals surface area contributed by atoms with Crippen LogP contribution < -0.4 is 0 Å². The van der Waals surface area contributed by atoms with E-state index in [9.17, 15) is 9.90 Å². The average molecular weight is 278 g/mol. The normalized spacial score (nSPS) is 13.1. The molecule has 0 saturated carbocycles. The van der Waals surface area contributed by atoms with Gasteiger partial charge in [0, 0.05) is 10.3 Å². The Morgan fingerprint density at radius 3 is 2.63 bits per heavy atom. The standard InChI is InChI=1S/C14H18N2O2S/c1-7(2)5-10(14(17)18)12-11-8(3)9(4)19-13(11)16-6-15-12/h6-7,10H,5H2,1-4H3,(H,17,18). The predicted octanol–water partition coefficient (Wildman–Crippen LogP) is 3.52. The molecule has 102 valence electrons. The molecule has 0 aliphatic heterocycles. The van der Waals surface area contributed by atoms with Gasteiger partial charge in [0.25, 0.3) is 0 Å². The minimum absolute atomic E-state index is 0.311. The van der Waals surface area contributed by atoms with E-state index in [0.717, 1.165) is 15.8 Å². The molecule has 19 heavy (non-hydrogen) atoms. The Bertz CT molecular complexity index is 619. The molecule has 0 saturated heterocycles. The van der Waals surface area contributed by atoms with Gasteiger partial charge in [-0.1, -0.05) is 13.8 Å². The number of aliphatic carboxylic acids is 1. The Labute approximate surface area is 116 Å². The van der Waals surface area contributed by atoms with Gasteiger partial charge in [-0.05, 0) is 31.7 Å². The maximum atomic E-state index is 11.5. The lowest BCUT2D eigenvalue weighted by Crippen LogP contribution is -2.16. The first-order chi connectivity index (χ1) is 8.91. The Morgan fingerprint density at radius 2 is 2.05 bits per heavy atom. The van der Waals surface area contributed by atoms with Gasteiger partial charge in [0.15, 0.2) is 0 Å². The van der Waals surface area contributed by atoms with Crippen molar-refractivity contribution in [3.8, 4) is 0 Å². The Kier molecular flexibility index (Phi) is 3.85. The van der Waals surface area contributed by atoms with Crippen molar-refractivity contribution >= 4 is 27.5 Å². The first-order valence-corrected chi connectivity index (χ1v) is 7.16. The van der Waals surface area contributed by atoms with Crippen molar-refractivity contribution < 1.29 is 9.90 Å². The lowest BCUT2D eigenvalue weighted by molar-refractivity contribution is -0.139. The van der Waals surface area contributed by atoms with Crippen LogP contribution in [0.2, 0.25) is 0 Å². The van der Waals surface area contributed by atoms with E-state index in [2.05, 4.69) is 9.97 Å². The van der Waals surface area contributed by atoms with Crippen LogP contribution >= 0.6 is 11.3 Å². The molecule has 2 heterocycles. The summed E-state index contributed by atoms with van der Waals surface area (Å²) in [5, 5.41) is 10.4. The average Bonchev–Trinajstić information content (AvgIpc) is 2.62. The molecular formula is C14H18N2O2S.